The maximum Gasteiger partial charge on any atom is 0.338 e. The number of carbonyl (C=O) groups excluding carboxylic acids is 2. The SMILES string of the molecule is CCCCC/C=C/C=C/[C@@H](O)C/C=C/C=C/C(=O)O[C@@H]1[C@@H](O)[C@H](c2c(O)cc(O)cc2CO)O[C@H](CO)[C@H]1O[C@@H]1O[C@H](COC(=O)c2cccc(-c3ccc(OC)cc3)c2)[C@H](O)[C@H](O)[C@H]1O[C@@H]1O[C@H](CO)[C@H](O)[C@H](O)[C@H]1O. The summed E-state index contributed by atoms with van der Waals surface area (Å²) in [5.41, 5.74) is 1.05. The molecule has 77 heavy (non-hydrogen) atoms. The summed E-state index contributed by atoms with van der Waals surface area (Å²) in [6.07, 6.45) is -12.6. The highest BCUT2D eigenvalue weighted by atomic mass is 16.8. The van der Waals surface area contributed by atoms with Gasteiger partial charge in [0.25, 0.3) is 0 Å². The number of phenols is 2. The van der Waals surface area contributed by atoms with Crippen molar-refractivity contribution in [3.63, 3.8) is 0 Å². The van der Waals surface area contributed by atoms with E-state index in [0.29, 0.717) is 11.3 Å². The topological polar surface area (TPSA) is 351 Å². The molecule has 0 radical (unpaired) electrons. The maximum atomic E-state index is 13.7. The van der Waals surface area contributed by atoms with E-state index in [1.54, 1.807) is 60.7 Å². The fourth-order valence-corrected chi connectivity index (χ4v) is 8.95. The Labute approximate surface area is 444 Å². The molecular weight excluding hydrogens is 1010 g/mol. The van der Waals surface area contributed by atoms with E-state index in [2.05, 4.69) is 6.92 Å². The quantitative estimate of drug-likeness (QED) is 0.0261. The van der Waals surface area contributed by atoms with Crippen LogP contribution < -0.4 is 4.74 Å². The van der Waals surface area contributed by atoms with Gasteiger partial charge in [-0.3, -0.25) is 0 Å². The number of phenolic OH excluding ortho intramolecular Hbond substituents is 2. The molecule has 16 atom stereocenters. The lowest BCUT2D eigenvalue weighted by molar-refractivity contribution is -0.382. The highest BCUT2D eigenvalue weighted by Gasteiger charge is 2.56. The standard InChI is InChI=1S/C55H70O22/c1-3-4-5-6-7-8-10-16-34(59)17-11-9-12-18-41(62)75-51-48(68)50(42-33(26-56)24-35(60)25-37(42)61)72-39(28-58)49(51)76-55-52(77-54-47(67)45(65)43(63)38(27-57)73-54)46(66)44(64)40(74-55)29-71-53(69)32-15-13-14-31(23-32)30-19-21-36(70-2)22-20-30/h7-16,18-25,34,38-40,43-52,54-61,63-68H,3-6,17,26-29H2,1-2H3/b8-7+,11-9+,16-10+,18-12+/t34-,38-,39-,40-,43+,44+,45+,46+,47-,48+,49-,50+,51-,52-,54+,55+/m1/s1. The summed E-state index contributed by atoms with van der Waals surface area (Å²) >= 11 is 0. The van der Waals surface area contributed by atoms with Crippen LogP contribution >= 0.6 is 0 Å². The molecule has 6 rings (SSSR count). The first-order chi connectivity index (χ1) is 37.0. The van der Waals surface area contributed by atoms with E-state index < -0.39 is 148 Å². The number of benzene rings is 3. The zero-order valence-corrected chi connectivity index (χ0v) is 42.4. The Morgan fingerprint density at radius 2 is 1.39 bits per heavy atom. The van der Waals surface area contributed by atoms with Crippen LogP contribution in [-0.4, -0.2) is 192 Å². The molecular formula is C55H70O22. The van der Waals surface area contributed by atoms with E-state index in [0.717, 1.165) is 49.5 Å². The van der Waals surface area contributed by atoms with Gasteiger partial charge < -0.3 is 99.2 Å². The molecule has 0 saturated carbocycles. The zero-order chi connectivity index (χ0) is 55.8. The molecule has 0 amide bonds. The predicted molar refractivity (Wildman–Crippen MR) is 271 cm³/mol. The summed E-state index contributed by atoms with van der Waals surface area (Å²) in [5, 5.41) is 130. The molecule has 3 fully saturated rings. The van der Waals surface area contributed by atoms with Crippen molar-refractivity contribution in [2.75, 3.05) is 26.9 Å². The van der Waals surface area contributed by atoms with Crippen LogP contribution in [0.3, 0.4) is 0 Å². The molecule has 3 heterocycles. The van der Waals surface area contributed by atoms with E-state index in [4.69, 9.17) is 37.9 Å². The molecule has 3 aliphatic heterocycles. The van der Waals surface area contributed by atoms with Gasteiger partial charge in [-0.15, -0.1) is 0 Å². The molecule has 3 aromatic carbocycles. The molecule has 0 aromatic heterocycles. The molecule has 422 valence electrons. The summed E-state index contributed by atoms with van der Waals surface area (Å²) in [5.74, 6) is -2.54. The van der Waals surface area contributed by atoms with E-state index in [1.165, 1.54) is 25.3 Å². The minimum Gasteiger partial charge on any atom is -0.508 e. The third kappa shape index (κ3) is 15.8. The molecule has 0 unspecified atom stereocenters. The Morgan fingerprint density at radius 3 is 2.09 bits per heavy atom. The predicted octanol–water partition coefficient (Wildman–Crippen LogP) is 1.40. The van der Waals surface area contributed by atoms with Crippen molar-refractivity contribution in [3.8, 4) is 28.4 Å². The number of aliphatic hydroxyl groups is 10. The Morgan fingerprint density at radius 1 is 0.688 bits per heavy atom. The van der Waals surface area contributed by atoms with Crippen molar-refractivity contribution in [1.29, 1.82) is 0 Å². The average molecular weight is 1080 g/mol. The minimum absolute atomic E-state index is 0.0823. The van der Waals surface area contributed by atoms with Crippen molar-refractivity contribution in [3.05, 3.63) is 126 Å². The van der Waals surface area contributed by atoms with Crippen molar-refractivity contribution in [2.24, 2.45) is 0 Å². The number of unbranched alkanes of at least 4 members (excludes halogenated alkanes) is 3. The summed E-state index contributed by atoms with van der Waals surface area (Å²) in [7, 11) is 1.52. The van der Waals surface area contributed by atoms with Crippen LogP contribution in [0.5, 0.6) is 17.2 Å². The number of allylic oxidation sites excluding steroid dienone is 5. The van der Waals surface area contributed by atoms with Crippen LogP contribution in [0.1, 0.15) is 66.6 Å². The van der Waals surface area contributed by atoms with Gasteiger partial charge in [0.2, 0.25) is 0 Å². The van der Waals surface area contributed by atoms with Gasteiger partial charge in [0, 0.05) is 17.7 Å². The van der Waals surface area contributed by atoms with Gasteiger partial charge >= 0.3 is 11.9 Å². The van der Waals surface area contributed by atoms with Gasteiger partial charge in [-0.1, -0.05) is 86.6 Å². The molecule has 12 N–H and O–H groups in total. The maximum absolute atomic E-state index is 13.7. The number of hydrogen-bond donors (Lipinski definition) is 12. The van der Waals surface area contributed by atoms with Gasteiger partial charge in [0.15, 0.2) is 18.7 Å². The lowest BCUT2D eigenvalue weighted by atomic mass is 9.88. The third-order valence-electron chi connectivity index (χ3n) is 13.2. The first-order valence-corrected chi connectivity index (χ1v) is 25.2. The van der Waals surface area contributed by atoms with E-state index in [1.807, 2.05) is 12.2 Å². The molecule has 22 heteroatoms. The molecule has 3 aliphatic rings. The van der Waals surface area contributed by atoms with Crippen molar-refractivity contribution in [1.82, 2.24) is 0 Å². The van der Waals surface area contributed by atoms with Gasteiger partial charge in [0.05, 0.1) is 38.6 Å². The van der Waals surface area contributed by atoms with Gasteiger partial charge in [-0.25, -0.2) is 9.59 Å². The van der Waals surface area contributed by atoms with Gasteiger partial charge in [-0.05, 0) is 66.3 Å². The number of methoxy groups -OCH3 is 1. The number of esters is 2. The number of hydrogen-bond acceptors (Lipinski definition) is 22. The zero-order valence-electron chi connectivity index (χ0n) is 42.4. The van der Waals surface area contributed by atoms with Crippen LogP contribution in [-0.2, 0) is 44.6 Å². The van der Waals surface area contributed by atoms with E-state index in [9.17, 15) is 70.9 Å². The fourth-order valence-electron chi connectivity index (χ4n) is 8.95. The summed E-state index contributed by atoms with van der Waals surface area (Å²) in [6.45, 7) is -1.33. The van der Waals surface area contributed by atoms with Crippen molar-refractivity contribution < 1.29 is 109 Å². The average Bonchev–Trinajstić information content (AvgIpc) is 3.44. The van der Waals surface area contributed by atoms with Crippen molar-refractivity contribution >= 4 is 11.9 Å². The highest BCUT2D eigenvalue weighted by Crippen LogP contribution is 2.43. The van der Waals surface area contributed by atoms with Crippen LogP contribution in [0.4, 0.5) is 0 Å². The highest BCUT2D eigenvalue weighted by molar-refractivity contribution is 5.91. The second kappa shape index (κ2) is 29.4. The first-order valence-electron chi connectivity index (χ1n) is 25.2. The van der Waals surface area contributed by atoms with Crippen LogP contribution in [0.2, 0.25) is 0 Å². The molecule has 3 saturated heterocycles. The Balaban J connectivity index is 1.29. The second-order valence-electron chi connectivity index (χ2n) is 18.6. The lowest BCUT2D eigenvalue weighted by Gasteiger charge is -2.49. The van der Waals surface area contributed by atoms with E-state index in [-0.39, 0.29) is 23.1 Å². The molecule has 0 bridgehead atoms. The first kappa shape index (κ1) is 60.6. The van der Waals surface area contributed by atoms with Crippen molar-refractivity contribution in [2.45, 2.75) is 144 Å². The number of aromatic hydroxyl groups is 2. The molecule has 3 aromatic rings. The minimum atomic E-state index is -2.13. The van der Waals surface area contributed by atoms with Gasteiger partial charge in [-0.2, -0.15) is 0 Å². The Kier molecular flexibility index (Phi) is 23.1. The smallest absolute Gasteiger partial charge is 0.338 e. The number of rotatable bonds is 24. The normalized spacial score (nSPS) is 30.3. The monoisotopic (exact) mass is 1080 g/mol. The second-order valence-corrected chi connectivity index (χ2v) is 18.6. The summed E-state index contributed by atoms with van der Waals surface area (Å²) in [6, 6.07) is 15.4. The summed E-state index contributed by atoms with van der Waals surface area (Å²) < 4.78 is 46.6. The lowest BCUT2D eigenvalue weighted by Crippen LogP contribution is -2.66. The number of ether oxygens (including phenoxy) is 8. The Hall–Kier alpha value is -5.64. The largest absolute Gasteiger partial charge is 0.508 e. The van der Waals surface area contributed by atoms with Crippen LogP contribution in [0, 0.1) is 0 Å². The number of aliphatic hydroxyl groups excluding tert-OH is 10. The number of carbonyl (C=O) groups is 2. The fraction of sp³-hybridized carbons (Fsp3) is 0.491. The van der Waals surface area contributed by atoms with Crippen LogP contribution in [0.25, 0.3) is 11.1 Å². The van der Waals surface area contributed by atoms with Gasteiger partial charge in [0.1, 0.15) is 97.1 Å². The Bertz CT molecular complexity index is 2460. The molecule has 22 nitrogen and oxygen atoms in total. The van der Waals surface area contributed by atoms with Crippen LogP contribution in [0.15, 0.2) is 109 Å². The molecule has 0 aliphatic carbocycles. The summed E-state index contributed by atoms with van der Waals surface area (Å²) in [4.78, 5) is 27.2. The molecule has 0 spiro atoms. The third-order valence-corrected chi connectivity index (χ3v) is 13.2. The van der Waals surface area contributed by atoms with E-state index >= 15 is 0 Å².